The molecule has 3 heterocycles. The van der Waals surface area contributed by atoms with Gasteiger partial charge < -0.3 is 14.3 Å². The summed E-state index contributed by atoms with van der Waals surface area (Å²) in [7, 11) is -3.34. The Kier molecular flexibility index (Phi) is 4.39. The van der Waals surface area contributed by atoms with Gasteiger partial charge in [0, 0.05) is 38.5 Å². The molecular formula is C17H18N4O4S2. The maximum atomic E-state index is 12.4. The molecule has 4 rings (SSSR count). The zero-order chi connectivity index (χ0) is 19.2. The van der Waals surface area contributed by atoms with E-state index in [1.54, 1.807) is 30.0 Å². The van der Waals surface area contributed by atoms with E-state index in [-0.39, 0.29) is 16.6 Å². The van der Waals surface area contributed by atoms with Gasteiger partial charge in [0.15, 0.2) is 15.0 Å². The van der Waals surface area contributed by atoms with Gasteiger partial charge in [0.1, 0.15) is 5.52 Å². The molecule has 0 atom stereocenters. The van der Waals surface area contributed by atoms with Crippen molar-refractivity contribution in [3.8, 4) is 0 Å². The van der Waals surface area contributed by atoms with Gasteiger partial charge in [-0.05, 0) is 19.1 Å². The van der Waals surface area contributed by atoms with E-state index in [2.05, 4.69) is 15.0 Å². The molecule has 1 aromatic carbocycles. The smallest absolute Gasteiger partial charge is 0.292 e. The third kappa shape index (κ3) is 3.42. The molecule has 0 radical (unpaired) electrons. The molecule has 0 aliphatic carbocycles. The number of rotatable bonds is 3. The first-order chi connectivity index (χ1) is 12.8. The number of sulfone groups is 1. The quantitative estimate of drug-likeness (QED) is 0.656. The molecule has 1 aliphatic heterocycles. The number of aromatic nitrogens is 2. The number of thiazole rings is 1. The number of piperazine rings is 1. The maximum absolute atomic E-state index is 12.4. The molecule has 0 N–H and O–H groups in total. The minimum atomic E-state index is -3.34. The summed E-state index contributed by atoms with van der Waals surface area (Å²) in [5, 5.41) is 4.52. The van der Waals surface area contributed by atoms with Crippen LogP contribution >= 0.6 is 11.3 Å². The van der Waals surface area contributed by atoms with Gasteiger partial charge in [0.05, 0.1) is 15.3 Å². The predicted octanol–water partition coefficient (Wildman–Crippen LogP) is 1.96. The number of aryl methyl sites for hydroxylation is 1. The van der Waals surface area contributed by atoms with Crippen molar-refractivity contribution < 1.29 is 17.7 Å². The average Bonchev–Trinajstić information content (AvgIpc) is 3.26. The van der Waals surface area contributed by atoms with Gasteiger partial charge in [0.25, 0.3) is 5.91 Å². The van der Waals surface area contributed by atoms with E-state index >= 15 is 0 Å². The lowest BCUT2D eigenvalue weighted by molar-refractivity contribution is 0.0704. The van der Waals surface area contributed by atoms with Gasteiger partial charge in [0.2, 0.25) is 5.76 Å². The highest BCUT2D eigenvalue weighted by molar-refractivity contribution is 7.91. The fourth-order valence-corrected chi connectivity index (χ4v) is 5.01. The minimum Gasteiger partial charge on any atom is -0.351 e. The highest BCUT2D eigenvalue weighted by Crippen LogP contribution is 2.33. The van der Waals surface area contributed by atoms with Crippen LogP contribution < -0.4 is 4.90 Å². The van der Waals surface area contributed by atoms with E-state index in [1.807, 2.05) is 6.07 Å². The first kappa shape index (κ1) is 17.9. The average molecular weight is 406 g/mol. The van der Waals surface area contributed by atoms with Crippen molar-refractivity contribution in [1.29, 1.82) is 0 Å². The van der Waals surface area contributed by atoms with E-state index in [9.17, 15) is 13.2 Å². The Bertz CT molecular complexity index is 1110. The number of amides is 1. The lowest BCUT2D eigenvalue weighted by Gasteiger charge is -2.33. The van der Waals surface area contributed by atoms with E-state index in [1.165, 1.54) is 17.6 Å². The van der Waals surface area contributed by atoms with Crippen LogP contribution in [-0.4, -0.2) is 61.8 Å². The summed E-state index contributed by atoms with van der Waals surface area (Å²) in [6, 6.07) is 6.82. The number of carbonyl (C=O) groups is 1. The molecule has 1 aliphatic rings. The SMILES string of the molecule is Cc1cc(C(=O)N2CCN(c3nc4c(S(C)(=O)=O)cccc4s3)CC2)on1. The molecule has 2 aromatic heterocycles. The fourth-order valence-electron chi connectivity index (χ4n) is 3.07. The number of hydrogen-bond acceptors (Lipinski definition) is 8. The zero-order valence-electron chi connectivity index (χ0n) is 14.9. The Morgan fingerprint density at radius 1 is 1.22 bits per heavy atom. The summed E-state index contributed by atoms with van der Waals surface area (Å²) < 4.78 is 29.8. The van der Waals surface area contributed by atoms with Gasteiger partial charge in [-0.3, -0.25) is 4.79 Å². The minimum absolute atomic E-state index is 0.168. The second-order valence-electron chi connectivity index (χ2n) is 6.48. The summed E-state index contributed by atoms with van der Waals surface area (Å²) in [6.45, 7) is 4.08. The van der Waals surface area contributed by atoms with Gasteiger partial charge in [-0.1, -0.05) is 22.6 Å². The number of benzene rings is 1. The normalized spacial score (nSPS) is 15.5. The molecule has 1 amide bonds. The summed E-state index contributed by atoms with van der Waals surface area (Å²) in [6.07, 6.45) is 1.19. The number of fused-ring (bicyclic) bond motifs is 1. The van der Waals surface area contributed by atoms with Crippen molar-refractivity contribution in [3.63, 3.8) is 0 Å². The molecule has 0 saturated carbocycles. The third-order valence-corrected chi connectivity index (χ3v) is 6.66. The molecule has 8 nitrogen and oxygen atoms in total. The van der Waals surface area contributed by atoms with Gasteiger partial charge in [-0.2, -0.15) is 0 Å². The van der Waals surface area contributed by atoms with Crippen molar-refractivity contribution in [2.75, 3.05) is 37.3 Å². The number of para-hydroxylation sites is 1. The van der Waals surface area contributed by atoms with Gasteiger partial charge >= 0.3 is 0 Å². The second kappa shape index (κ2) is 6.61. The van der Waals surface area contributed by atoms with Crippen LogP contribution in [0, 0.1) is 6.92 Å². The summed E-state index contributed by atoms with van der Waals surface area (Å²) in [5.41, 5.74) is 1.18. The second-order valence-corrected chi connectivity index (χ2v) is 9.48. The van der Waals surface area contributed by atoms with E-state index in [4.69, 9.17) is 4.52 Å². The van der Waals surface area contributed by atoms with Crippen LogP contribution in [0.5, 0.6) is 0 Å². The van der Waals surface area contributed by atoms with Gasteiger partial charge in [-0.25, -0.2) is 13.4 Å². The third-order valence-electron chi connectivity index (χ3n) is 4.45. The lowest BCUT2D eigenvalue weighted by atomic mass is 10.3. The van der Waals surface area contributed by atoms with Crippen LogP contribution in [0.2, 0.25) is 0 Å². The number of carbonyl (C=O) groups excluding carboxylic acids is 1. The Balaban J connectivity index is 1.52. The molecule has 0 bridgehead atoms. The molecule has 1 fully saturated rings. The first-order valence-corrected chi connectivity index (χ1v) is 11.1. The van der Waals surface area contributed by atoms with Crippen LogP contribution in [0.15, 0.2) is 33.7 Å². The Morgan fingerprint density at radius 3 is 2.59 bits per heavy atom. The van der Waals surface area contributed by atoms with E-state index in [0.717, 1.165) is 9.83 Å². The predicted molar refractivity (Wildman–Crippen MR) is 102 cm³/mol. The maximum Gasteiger partial charge on any atom is 0.292 e. The molecule has 27 heavy (non-hydrogen) atoms. The zero-order valence-corrected chi connectivity index (χ0v) is 16.5. The topological polar surface area (TPSA) is 96.6 Å². The largest absolute Gasteiger partial charge is 0.351 e. The molecule has 0 spiro atoms. The van der Waals surface area contributed by atoms with Crippen LogP contribution in [0.4, 0.5) is 5.13 Å². The van der Waals surface area contributed by atoms with Crippen LogP contribution in [0.1, 0.15) is 16.2 Å². The lowest BCUT2D eigenvalue weighted by Crippen LogP contribution is -2.48. The standard InChI is InChI=1S/C17H18N4O4S2/c1-11-10-12(25-19-11)16(22)20-6-8-21(9-7-20)17-18-15-13(26-17)4-3-5-14(15)27(2,23)24/h3-5,10H,6-9H2,1-2H3. The Morgan fingerprint density at radius 2 is 1.96 bits per heavy atom. The Labute approximate surface area is 160 Å². The molecule has 0 unspecified atom stereocenters. The van der Waals surface area contributed by atoms with E-state index < -0.39 is 9.84 Å². The summed E-state index contributed by atoms with van der Waals surface area (Å²) in [4.78, 5) is 21.1. The highest BCUT2D eigenvalue weighted by Gasteiger charge is 2.26. The van der Waals surface area contributed by atoms with Crippen molar-refractivity contribution in [1.82, 2.24) is 15.0 Å². The first-order valence-electron chi connectivity index (χ1n) is 8.40. The number of hydrogen-bond donors (Lipinski definition) is 0. The van der Waals surface area contributed by atoms with Crippen LogP contribution in [-0.2, 0) is 9.84 Å². The monoisotopic (exact) mass is 406 g/mol. The molecule has 3 aromatic rings. The Hall–Kier alpha value is -2.46. The van der Waals surface area contributed by atoms with Crippen molar-refractivity contribution >= 4 is 42.4 Å². The fraction of sp³-hybridized carbons (Fsp3) is 0.353. The highest BCUT2D eigenvalue weighted by atomic mass is 32.2. The van der Waals surface area contributed by atoms with Crippen LogP contribution in [0.3, 0.4) is 0 Å². The molecule has 10 heteroatoms. The number of anilines is 1. The van der Waals surface area contributed by atoms with Crippen molar-refractivity contribution in [3.05, 3.63) is 35.7 Å². The van der Waals surface area contributed by atoms with Gasteiger partial charge in [-0.15, -0.1) is 0 Å². The van der Waals surface area contributed by atoms with Crippen molar-refractivity contribution in [2.45, 2.75) is 11.8 Å². The van der Waals surface area contributed by atoms with Crippen molar-refractivity contribution in [2.24, 2.45) is 0 Å². The van der Waals surface area contributed by atoms with E-state index in [0.29, 0.717) is 37.4 Å². The molecular weight excluding hydrogens is 388 g/mol. The molecule has 1 saturated heterocycles. The summed E-state index contributed by atoms with van der Waals surface area (Å²) in [5.74, 6) is 0.0812. The number of nitrogens with zero attached hydrogens (tertiary/aromatic N) is 4. The van der Waals surface area contributed by atoms with Crippen LogP contribution in [0.25, 0.3) is 10.2 Å². The molecule has 142 valence electrons. The summed E-state index contributed by atoms with van der Waals surface area (Å²) >= 11 is 1.46.